The summed E-state index contributed by atoms with van der Waals surface area (Å²) in [6.07, 6.45) is 4.24. The number of hydrogen-bond acceptors (Lipinski definition) is 5. The number of carbonyl (C=O) groups is 1. The summed E-state index contributed by atoms with van der Waals surface area (Å²) in [5.41, 5.74) is 2.05. The topological polar surface area (TPSA) is 57.3 Å². The van der Waals surface area contributed by atoms with Gasteiger partial charge in [-0.05, 0) is 37.1 Å². The lowest BCUT2D eigenvalue weighted by molar-refractivity contribution is -0.114. The molecule has 2 N–H and O–H groups in total. The smallest absolute Gasteiger partial charge is 0.243 e. The molecule has 3 rings (SSSR count). The van der Waals surface area contributed by atoms with Crippen LogP contribution in [0.3, 0.4) is 0 Å². The van der Waals surface area contributed by atoms with Crippen LogP contribution in [0.5, 0.6) is 0 Å². The second kappa shape index (κ2) is 6.58. The Morgan fingerprint density at radius 3 is 2.67 bits per heavy atom. The maximum absolute atomic E-state index is 11.8. The zero-order valence-electron chi connectivity index (χ0n) is 11.7. The normalized spacial score (nSPS) is 14.2. The van der Waals surface area contributed by atoms with Gasteiger partial charge in [0.25, 0.3) is 0 Å². The van der Waals surface area contributed by atoms with E-state index in [0.717, 1.165) is 23.9 Å². The molecule has 1 aliphatic heterocycles. The van der Waals surface area contributed by atoms with Crippen LogP contribution in [0.15, 0.2) is 35.8 Å². The van der Waals surface area contributed by atoms with E-state index < -0.39 is 0 Å². The summed E-state index contributed by atoms with van der Waals surface area (Å²) in [6.45, 7) is 2.48. The fraction of sp³-hybridized carbons (Fsp3) is 0.333. The first-order valence-corrected chi connectivity index (χ1v) is 7.97. The predicted molar refractivity (Wildman–Crippen MR) is 87.1 cm³/mol. The number of rotatable bonds is 5. The Morgan fingerprint density at radius 2 is 2.00 bits per heavy atom. The molecule has 110 valence electrons. The highest BCUT2D eigenvalue weighted by molar-refractivity contribution is 7.13. The molecule has 0 atom stereocenters. The van der Waals surface area contributed by atoms with Gasteiger partial charge in [-0.3, -0.25) is 4.79 Å². The van der Waals surface area contributed by atoms with Crippen LogP contribution >= 0.6 is 11.3 Å². The summed E-state index contributed by atoms with van der Waals surface area (Å²) in [6, 6.07) is 8.04. The third kappa shape index (κ3) is 3.72. The summed E-state index contributed by atoms with van der Waals surface area (Å²) in [4.78, 5) is 18.3. The molecule has 1 amide bonds. The maximum atomic E-state index is 11.8. The number of thiazole rings is 1. The van der Waals surface area contributed by atoms with Crippen molar-refractivity contribution in [1.29, 1.82) is 0 Å². The third-order valence-corrected chi connectivity index (χ3v) is 4.19. The molecule has 0 radical (unpaired) electrons. The van der Waals surface area contributed by atoms with E-state index in [9.17, 15) is 4.79 Å². The van der Waals surface area contributed by atoms with E-state index in [0.29, 0.717) is 0 Å². The number of nitrogens with one attached hydrogen (secondary N) is 2. The molecule has 1 aromatic heterocycles. The highest BCUT2D eigenvalue weighted by atomic mass is 32.1. The van der Waals surface area contributed by atoms with Crippen LogP contribution in [0.4, 0.5) is 16.5 Å². The second-order valence-electron chi connectivity index (χ2n) is 4.98. The molecule has 21 heavy (non-hydrogen) atoms. The highest BCUT2D eigenvalue weighted by Crippen LogP contribution is 2.22. The highest BCUT2D eigenvalue weighted by Gasteiger charge is 2.12. The van der Waals surface area contributed by atoms with Gasteiger partial charge in [0.15, 0.2) is 5.13 Å². The van der Waals surface area contributed by atoms with Crippen molar-refractivity contribution in [3.63, 3.8) is 0 Å². The van der Waals surface area contributed by atoms with Crippen molar-refractivity contribution in [3.8, 4) is 0 Å². The quantitative estimate of drug-likeness (QED) is 0.891. The molecule has 2 heterocycles. The second-order valence-corrected chi connectivity index (χ2v) is 5.87. The molecule has 0 aliphatic carbocycles. The van der Waals surface area contributed by atoms with Gasteiger partial charge in [0.05, 0.1) is 6.54 Å². The number of anilines is 3. The van der Waals surface area contributed by atoms with Gasteiger partial charge in [-0.15, -0.1) is 11.3 Å². The van der Waals surface area contributed by atoms with Gasteiger partial charge in [0, 0.05) is 36.0 Å². The van der Waals surface area contributed by atoms with Gasteiger partial charge < -0.3 is 15.5 Å². The minimum Gasteiger partial charge on any atom is -0.372 e. The lowest BCUT2D eigenvalue weighted by Crippen LogP contribution is -2.22. The first kappa shape index (κ1) is 13.9. The van der Waals surface area contributed by atoms with Crippen LogP contribution in [-0.2, 0) is 4.79 Å². The first-order valence-electron chi connectivity index (χ1n) is 7.09. The summed E-state index contributed by atoms with van der Waals surface area (Å²) in [5, 5.41) is 8.50. The molecule has 1 fully saturated rings. The molecule has 5 nitrogen and oxygen atoms in total. The average molecular weight is 302 g/mol. The van der Waals surface area contributed by atoms with Crippen molar-refractivity contribution >= 4 is 33.8 Å². The number of benzene rings is 1. The largest absolute Gasteiger partial charge is 0.372 e. The van der Waals surface area contributed by atoms with E-state index in [2.05, 4.69) is 32.7 Å². The van der Waals surface area contributed by atoms with Crippen LogP contribution in [0.2, 0.25) is 0 Å². The fourth-order valence-electron chi connectivity index (χ4n) is 2.40. The summed E-state index contributed by atoms with van der Waals surface area (Å²) in [7, 11) is 0. The van der Waals surface area contributed by atoms with E-state index in [1.54, 1.807) is 6.20 Å². The molecule has 0 unspecified atom stereocenters. The molecule has 1 saturated heterocycles. The Morgan fingerprint density at radius 1 is 1.24 bits per heavy atom. The van der Waals surface area contributed by atoms with E-state index in [1.807, 2.05) is 17.5 Å². The Balaban J connectivity index is 1.51. The van der Waals surface area contributed by atoms with E-state index in [1.165, 1.54) is 29.9 Å². The summed E-state index contributed by atoms with van der Waals surface area (Å²) in [5.74, 6) is -0.0703. The zero-order valence-corrected chi connectivity index (χ0v) is 12.5. The van der Waals surface area contributed by atoms with Crippen LogP contribution in [0.25, 0.3) is 0 Å². The van der Waals surface area contributed by atoms with E-state index in [-0.39, 0.29) is 12.5 Å². The van der Waals surface area contributed by atoms with E-state index >= 15 is 0 Å². The molecule has 2 aromatic rings. The first-order chi connectivity index (χ1) is 10.3. The summed E-state index contributed by atoms with van der Waals surface area (Å²) >= 11 is 1.48. The van der Waals surface area contributed by atoms with Crippen molar-refractivity contribution < 1.29 is 4.79 Å². The Kier molecular flexibility index (Phi) is 4.35. The van der Waals surface area contributed by atoms with Crippen LogP contribution < -0.4 is 15.5 Å². The minimum atomic E-state index is -0.0703. The molecule has 1 aliphatic rings. The Labute approximate surface area is 128 Å². The standard InChI is InChI=1S/C15H18N4OS/c20-14(11-17-15-16-7-10-21-15)18-12-3-5-13(6-4-12)19-8-1-2-9-19/h3-7,10H,1-2,8-9,11H2,(H,16,17)(H,18,20). The zero-order chi connectivity index (χ0) is 14.5. The molecular weight excluding hydrogens is 284 g/mol. The number of nitrogens with zero attached hydrogens (tertiary/aromatic N) is 2. The molecular formula is C15H18N4OS. The average Bonchev–Trinajstić information content (AvgIpc) is 3.19. The van der Waals surface area contributed by atoms with Gasteiger partial charge in [0.2, 0.25) is 5.91 Å². The van der Waals surface area contributed by atoms with Gasteiger partial charge >= 0.3 is 0 Å². The lowest BCUT2D eigenvalue weighted by Gasteiger charge is -2.17. The number of hydrogen-bond donors (Lipinski definition) is 2. The van der Waals surface area contributed by atoms with Gasteiger partial charge in [-0.2, -0.15) is 0 Å². The SMILES string of the molecule is O=C(CNc1nccs1)Nc1ccc(N2CCCC2)cc1. The monoisotopic (exact) mass is 302 g/mol. The molecule has 0 bridgehead atoms. The van der Waals surface area contributed by atoms with Crippen molar-refractivity contribution in [3.05, 3.63) is 35.8 Å². The van der Waals surface area contributed by atoms with Crippen LogP contribution in [-0.4, -0.2) is 30.5 Å². The van der Waals surface area contributed by atoms with Crippen LogP contribution in [0.1, 0.15) is 12.8 Å². The molecule has 0 spiro atoms. The van der Waals surface area contributed by atoms with Crippen molar-refractivity contribution in [2.24, 2.45) is 0 Å². The fourth-order valence-corrected chi connectivity index (χ4v) is 2.93. The van der Waals surface area contributed by atoms with Gasteiger partial charge in [-0.25, -0.2) is 4.98 Å². The van der Waals surface area contributed by atoms with Crippen molar-refractivity contribution in [2.45, 2.75) is 12.8 Å². The van der Waals surface area contributed by atoms with Gasteiger partial charge in [-0.1, -0.05) is 0 Å². The number of aromatic nitrogens is 1. The Hall–Kier alpha value is -2.08. The van der Waals surface area contributed by atoms with Gasteiger partial charge in [0.1, 0.15) is 0 Å². The summed E-state index contributed by atoms with van der Waals surface area (Å²) < 4.78 is 0. The maximum Gasteiger partial charge on any atom is 0.243 e. The van der Waals surface area contributed by atoms with E-state index in [4.69, 9.17) is 0 Å². The molecule has 1 aromatic carbocycles. The van der Waals surface area contributed by atoms with Crippen LogP contribution in [0, 0.1) is 0 Å². The molecule has 0 saturated carbocycles. The predicted octanol–water partition coefficient (Wildman–Crippen LogP) is 2.79. The lowest BCUT2D eigenvalue weighted by atomic mass is 10.2. The molecule has 6 heteroatoms. The third-order valence-electron chi connectivity index (χ3n) is 3.45. The number of carbonyl (C=O) groups excluding carboxylic acids is 1. The number of amides is 1. The Bertz CT molecular complexity index is 576. The van der Waals surface area contributed by atoms with Crippen molar-refractivity contribution in [2.75, 3.05) is 35.2 Å². The van der Waals surface area contributed by atoms with Crippen molar-refractivity contribution in [1.82, 2.24) is 4.98 Å². The minimum absolute atomic E-state index is 0.0703.